The molecule has 0 fully saturated rings. The molecule has 3 rings (SSSR count). The molecule has 0 aliphatic carbocycles. The number of anilines is 1. The summed E-state index contributed by atoms with van der Waals surface area (Å²) in [4.78, 5) is 18.0. The third kappa shape index (κ3) is 5.09. The highest BCUT2D eigenvalue weighted by Gasteiger charge is 2.26. The molecule has 1 N–H and O–H groups in total. The fourth-order valence-corrected chi connectivity index (χ4v) is 3.36. The lowest BCUT2D eigenvalue weighted by Crippen LogP contribution is -2.23. The van der Waals surface area contributed by atoms with Crippen LogP contribution in [0.5, 0.6) is 5.88 Å². The van der Waals surface area contributed by atoms with E-state index in [2.05, 4.69) is 40.2 Å². The van der Waals surface area contributed by atoms with E-state index in [1.54, 1.807) is 13.8 Å². The Hall–Kier alpha value is -3.08. The van der Waals surface area contributed by atoms with Crippen LogP contribution in [0.1, 0.15) is 33.1 Å². The Morgan fingerprint density at radius 1 is 1.07 bits per heavy atom. The predicted molar refractivity (Wildman–Crippen MR) is 122 cm³/mol. The van der Waals surface area contributed by atoms with Crippen molar-refractivity contribution in [3.63, 3.8) is 0 Å². The number of aromatic nitrogens is 1. The highest BCUT2D eigenvalue weighted by atomic mass is 16.5. The molecule has 2 aromatic carbocycles. The molecule has 158 valence electrons. The fourth-order valence-electron chi connectivity index (χ4n) is 3.36. The summed E-state index contributed by atoms with van der Waals surface area (Å²) in [6, 6.07) is 18.5. The highest BCUT2D eigenvalue weighted by Crippen LogP contribution is 2.32. The summed E-state index contributed by atoms with van der Waals surface area (Å²) in [5.41, 5.74) is 3.55. The molecule has 0 radical (unpaired) electrons. The van der Waals surface area contributed by atoms with Crippen molar-refractivity contribution in [3.8, 4) is 17.0 Å². The smallest absolute Gasteiger partial charge is 0.309 e. The van der Waals surface area contributed by atoms with Crippen LogP contribution in [0.2, 0.25) is 0 Å². The first-order valence-corrected chi connectivity index (χ1v) is 10.3. The largest absolute Gasteiger partial charge is 0.481 e. The van der Waals surface area contributed by atoms with E-state index in [1.165, 1.54) is 0 Å². The minimum atomic E-state index is -0.760. The minimum Gasteiger partial charge on any atom is -0.481 e. The lowest BCUT2D eigenvalue weighted by Gasteiger charge is -2.18. The molecule has 0 aliphatic heterocycles. The topological polar surface area (TPSA) is 62.7 Å². The van der Waals surface area contributed by atoms with Gasteiger partial charge >= 0.3 is 5.97 Å². The molecule has 0 spiro atoms. The first-order chi connectivity index (χ1) is 14.3. The second kappa shape index (κ2) is 9.16. The van der Waals surface area contributed by atoms with Crippen LogP contribution in [0, 0.1) is 5.41 Å². The van der Waals surface area contributed by atoms with Crippen molar-refractivity contribution < 1.29 is 14.6 Å². The van der Waals surface area contributed by atoms with Crippen LogP contribution in [0.4, 0.5) is 5.69 Å². The third-order valence-corrected chi connectivity index (χ3v) is 5.41. The number of carboxylic acids is 1. The Morgan fingerprint density at radius 2 is 1.77 bits per heavy atom. The van der Waals surface area contributed by atoms with Gasteiger partial charge in [0, 0.05) is 31.2 Å². The maximum absolute atomic E-state index is 11.2. The normalized spacial score (nSPS) is 11.5. The Labute approximate surface area is 178 Å². The van der Waals surface area contributed by atoms with E-state index >= 15 is 0 Å². The van der Waals surface area contributed by atoms with E-state index < -0.39 is 11.4 Å². The predicted octanol–water partition coefficient (Wildman–Crippen LogP) is 5.63. The van der Waals surface area contributed by atoms with Gasteiger partial charge in [-0.3, -0.25) is 4.79 Å². The van der Waals surface area contributed by atoms with Crippen molar-refractivity contribution in [1.82, 2.24) is 4.98 Å². The molecule has 0 saturated carbocycles. The van der Waals surface area contributed by atoms with Gasteiger partial charge < -0.3 is 14.7 Å². The zero-order valence-electron chi connectivity index (χ0n) is 18.2. The minimum absolute atomic E-state index is 0.514. The maximum atomic E-state index is 11.2. The number of ether oxygens (including phenoxy) is 1. The molecule has 0 aliphatic rings. The van der Waals surface area contributed by atoms with Gasteiger partial charge in [0.05, 0.1) is 17.5 Å². The number of pyridine rings is 1. The zero-order chi connectivity index (χ0) is 21.7. The first kappa shape index (κ1) is 21.6. The van der Waals surface area contributed by atoms with Crippen LogP contribution in [0.3, 0.4) is 0 Å². The first-order valence-electron chi connectivity index (χ1n) is 10.3. The number of para-hydroxylation sites is 1. The summed E-state index contributed by atoms with van der Waals surface area (Å²) in [6.07, 6.45) is 2.21. The molecule has 1 heterocycles. The van der Waals surface area contributed by atoms with Crippen molar-refractivity contribution in [1.29, 1.82) is 0 Å². The molecular weight excluding hydrogens is 376 g/mol. The summed E-state index contributed by atoms with van der Waals surface area (Å²) in [6.45, 7) is 4.03. The molecule has 0 bridgehead atoms. The van der Waals surface area contributed by atoms with Gasteiger partial charge in [0.25, 0.3) is 0 Å². The second-order valence-corrected chi connectivity index (χ2v) is 8.46. The number of hydrogen-bond acceptors (Lipinski definition) is 4. The number of unbranched alkanes of at least 4 members (excludes halogenated alkanes) is 1. The molecule has 3 aromatic rings. The van der Waals surface area contributed by atoms with Gasteiger partial charge in [0.1, 0.15) is 0 Å². The summed E-state index contributed by atoms with van der Waals surface area (Å²) in [5.74, 6) is -0.164. The highest BCUT2D eigenvalue weighted by molar-refractivity contribution is 5.95. The van der Waals surface area contributed by atoms with Crippen molar-refractivity contribution in [3.05, 3.63) is 54.6 Å². The summed E-state index contributed by atoms with van der Waals surface area (Å²) >= 11 is 0. The van der Waals surface area contributed by atoms with Crippen molar-refractivity contribution >= 4 is 22.6 Å². The molecule has 0 saturated heterocycles. The molecule has 0 atom stereocenters. The average Bonchev–Trinajstić information content (AvgIpc) is 2.72. The summed E-state index contributed by atoms with van der Waals surface area (Å²) in [5, 5.41) is 10.3. The van der Waals surface area contributed by atoms with Gasteiger partial charge in [-0.1, -0.05) is 30.3 Å². The van der Waals surface area contributed by atoms with Crippen LogP contribution in [-0.4, -0.2) is 36.8 Å². The Bertz CT molecular complexity index is 1010. The van der Waals surface area contributed by atoms with E-state index in [9.17, 15) is 9.90 Å². The second-order valence-electron chi connectivity index (χ2n) is 8.46. The lowest BCUT2D eigenvalue weighted by atomic mass is 9.87. The zero-order valence-corrected chi connectivity index (χ0v) is 18.2. The van der Waals surface area contributed by atoms with Gasteiger partial charge in [-0.25, -0.2) is 4.98 Å². The van der Waals surface area contributed by atoms with E-state index in [-0.39, 0.29) is 0 Å². The molecule has 0 amide bonds. The number of benzene rings is 2. The number of fused-ring (bicyclic) bond motifs is 1. The monoisotopic (exact) mass is 406 g/mol. The number of carboxylic acid groups (broad SMARTS) is 1. The molecular formula is C25H30N2O3. The van der Waals surface area contributed by atoms with E-state index in [4.69, 9.17) is 4.74 Å². The van der Waals surface area contributed by atoms with Crippen LogP contribution < -0.4 is 9.64 Å². The van der Waals surface area contributed by atoms with Crippen molar-refractivity contribution in [2.75, 3.05) is 25.6 Å². The van der Waals surface area contributed by atoms with Gasteiger partial charge in [-0.2, -0.15) is 0 Å². The average molecular weight is 407 g/mol. The number of rotatable bonds is 9. The number of nitrogens with zero attached hydrogens (tertiary/aromatic N) is 2. The van der Waals surface area contributed by atoms with E-state index in [0.29, 0.717) is 18.9 Å². The van der Waals surface area contributed by atoms with Crippen molar-refractivity contribution in [2.45, 2.75) is 33.1 Å². The van der Waals surface area contributed by atoms with Crippen LogP contribution in [0.15, 0.2) is 54.6 Å². The molecule has 5 nitrogen and oxygen atoms in total. The fraction of sp³-hybridized carbons (Fsp3) is 0.360. The van der Waals surface area contributed by atoms with Gasteiger partial charge in [-0.05, 0) is 62.4 Å². The lowest BCUT2D eigenvalue weighted by molar-refractivity contribution is -0.147. The SMILES string of the molecule is CN(C)c1ccc(-c2cc(OCCCCC(C)(C)C(=O)O)nc3ccccc23)cc1. The van der Waals surface area contributed by atoms with Crippen molar-refractivity contribution in [2.24, 2.45) is 5.41 Å². The third-order valence-electron chi connectivity index (χ3n) is 5.41. The number of carbonyl (C=O) groups is 1. The van der Waals surface area contributed by atoms with Gasteiger partial charge in [0.2, 0.25) is 5.88 Å². The van der Waals surface area contributed by atoms with Gasteiger partial charge in [-0.15, -0.1) is 0 Å². The standard InChI is InChI=1S/C25H30N2O3/c1-25(2,24(28)29)15-7-8-16-30-23-17-21(20-9-5-6-10-22(20)26-23)18-11-13-19(14-12-18)27(3)4/h5-6,9-14,17H,7-8,15-16H2,1-4H3,(H,28,29). The quantitative estimate of drug-likeness (QED) is 0.467. The maximum Gasteiger partial charge on any atom is 0.309 e. The van der Waals surface area contributed by atoms with Gasteiger partial charge in [0.15, 0.2) is 0 Å². The summed E-state index contributed by atoms with van der Waals surface area (Å²) in [7, 11) is 4.06. The molecule has 0 unspecified atom stereocenters. The van der Waals surface area contributed by atoms with Crippen LogP contribution in [-0.2, 0) is 4.79 Å². The summed E-state index contributed by atoms with van der Waals surface area (Å²) < 4.78 is 5.95. The molecule has 1 aromatic heterocycles. The van der Waals surface area contributed by atoms with E-state index in [0.717, 1.165) is 40.6 Å². The molecule has 30 heavy (non-hydrogen) atoms. The Morgan fingerprint density at radius 3 is 2.43 bits per heavy atom. The Kier molecular flexibility index (Phi) is 6.60. The number of aliphatic carboxylic acids is 1. The van der Waals surface area contributed by atoms with E-state index in [1.807, 2.05) is 38.4 Å². The van der Waals surface area contributed by atoms with Crippen LogP contribution >= 0.6 is 0 Å². The molecule has 5 heteroatoms. The Balaban J connectivity index is 1.76. The number of hydrogen-bond donors (Lipinski definition) is 1. The van der Waals surface area contributed by atoms with Crippen LogP contribution in [0.25, 0.3) is 22.0 Å².